The summed E-state index contributed by atoms with van der Waals surface area (Å²) in [6.07, 6.45) is 1.31. The van der Waals surface area contributed by atoms with Crippen LogP contribution >= 0.6 is 0 Å². The summed E-state index contributed by atoms with van der Waals surface area (Å²) < 4.78 is 0. The Labute approximate surface area is 191 Å². The van der Waals surface area contributed by atoms with Gasteiger partial charge in [-0.15, -0.1) is 0 Å². The predicted molar refractivity (Wildman–Crippen MR) is 124 cm³/mol. The molecule has 0 bridgehead atoms. The second-order valence-electron chi connectivity index (χ2n) is 8.30. The van der Waals surface area contributed by atoms with E-state index >= 15 is 0 Å². The van der Waals surface area contributed by atoms with Gasteiger partial charge in [-0.3, -0.25) is 29.1 Å². The van der Waals surface area contributed by atoms with Gasteiger partial charge >= 0.3 is 0 Å². The zero-order chi connectivity index (χ0) is 23.4. The Morgan fingerprint density at radius 3 is 1.52 bits per heavy atom. The Hall–Kier alpha value is -4.00. The van der Waals surface area contributed by atoms with Crippen LogP contribution in [0.5, 0.6) is 0 Å². The number of imide groups is 2. The molecule has 2 heterocycles. The molecule has 0 N–H and O–H groups in total. The smallest absolute Gasteiger partial charge is 0.278 e. The highest BCUT2D eigenvalue weighted by Crippen LogP contribution is 2.39. The molecular weight excluding hydrogens is 418 g/mol. The summed E-state index contributed by atoms with van der Waals surface area (Å²) in [5.41, 5.74) is 1.97. The van der Waals surface area contributed by atoms with Gasteiger partial charge in [0.25, 0.3) is 23.6 Å². The third-order valence-electron chi connectivity index (χ3n) is 6.64. The summed E-state index contributed by atoms with van der Waals surface area (Å²) in [6, 6.07) is 15.3. The molecule has 0 saturated heterocycles. The SMILES string of the molecule is CCC(CC)N1C(=O)c2ccc3c4c(ccc(c24)C1=O)C(=O)N(N(C)c1ccccc1)C3=O. The second-order valence-corrected chi connectivity index (χ2v) is 8.30. The minimum atomic E-state index is -0.495. The maximum absolute atomic E-state index is 13.5. The molecule has 0 spiro atoms. The second kappa shape index (κ2) is 7.55. The van der Waals surface area contributed by atoms with Crippen molar-refractivity contribution in [1.29, 1.82) is 0 Å². The lowest BCUT2D eigenvalue weighted by atomic mass is 9.85. The quantitative estimate of drug-likeness (QED) is 0.553. The zero-order valence-corrected chi connectivity index (χ0v) is 18.7. The molecule has 7 nitrogen and oxygen atoms in total. The topological polar surface area (TPSA) is 78.0 Å². The molecular formula is C26H23N3O4. The van der Waals surface area contributed by atoms with Gasteiger partial charge in [-0.1, -0.05) is 32.0 Å². The van der Waals surface area contributed by atoms with Crippen molar-refractivity contribution >= 4 is 40.1 Å². The third-order valence-corrected chi connectivity index (χ3v) is 6.64. The highest BCUT2D eigenvalue weighted by Gasteiger charge is 2.42. The number of hydrogen-bond donors (Lipinski definition) is 0. The molecule has 33 heavy (non-hydrogen) atoms. The van der Waals surface area contributed by atoms with Gasteiger partial charge in [0.1, 0.15) is 0 Å². The molecule has 3 aromatic rings. The molecule has 0 aliphatic carbocycles. The van der Waals surface area contributed by atoms with Crippen LogP contribution in [-0.2, 0) is 0 Å². The summed E-state index contributed by atoms with van der Waals surface area (Å²) in [5.74, 6) is -1.75. The van der Waals surface area contributed by atoms with Gasteiger partial charge in [0.2, 0.25) is 0 Å². The molecule has 4 amide bonds. The van der Waals surface area contributed by atoms with E-state index in [0.717, 1.165) is 5.01 Å². The fraction of sp³-hybridized carbons (Fsp3) is 0.231. The number of carbonyl (C=O) groups is 4. The van der Waals surface area contributed by atoms with Crippen molar-refractivity contribution in [3.05, 3.63) is 76.9 Å². The normalized spacial score (nSPS) is 15.2. The van der Waals surface area contributed by atoms with Crippen molar-refractivity contribution in [2.75, 3.05) is 12.1 Å². The Bertz CT molecular complexity index is 1270. The van der Waals surface area contributed by atoms with Crippen LogP contribution in [0.4, 0.5) is 5.69 Å². The number of nitrogens with zero attached hydrogens (tertiary/aromatic N) is 3. The zero-order valence-electron chi connectivity index (χ0n) is 18.7. The lowest BCUT2D eigenvalue weighted by molar-refractivity contribution is 0.0524. The lowest BCUT2D eigenvalue weighted by Crippen LogP contribution is -2.51. The van der Waals surface area contributed by atoms with Crippen molar-refractivity contribution in [2.45, 2.75) is 32.7 Å². The van der Waals surface area contributed by atoms with Crippen LogP contribution in [0.3, 0.4) is 0 Å². The number of hydrogen-bond acceptors (Lipinski definition) is 5. The molecule has 7 heteroatoms. The van der Waals surface area contributed by atoms with Gasteiger partial charge in [-0.05, 0) is 49.2 Å². The number of rotatable bonds is 5. The average molecular weight is 441 g/mol. The van der Waals surface area contributed by atoms with Crippen molar-refractivity contribution in [1.82, 2.24) is 9.91 Å². The van der Waals surface area contributed by atoms with E-state index < -0.39 is 11.8 Å². The van der Waals surface area contributed by atoms with E-state index in [2.05, 4.69) is 0 Å². The number of anilines is 1. The third kappa shape index (κ3) is 2.81. The van der Waals surface area contributed by atoms with Crippen LogP contribution in [-0.4, -0.2) is 46.6 Å². The number of hydrazine groups is 1. The Morgan fingerprint density at radius 2 is 1.09 bits per heavy atom. The van der Waals surface area contributed by atoms with Crippen molar-refractivity contribution in [2.24, 2.45) is 0 Å². The molecule has 0 atom stereocenters. The molecule has 166 valence electrons. The van der Waals surface area contributed by atoms with Crippen LogP contribution in [0.15, 0.2) is 54.6 Å². The van der Waals surface area contributed by atoms with Crippen LogP contribution in [0, 0.1) is 0 Å². The summed E-state index contributed by atoms with van der Waals surface area (Å²) in [7, 11) is 1.65. The number of para-hydroxylation sites is 1. The standard InChI is InChI=1S/C26H23N3O4/c1-4-15(5-2)28-23(30)17-11-13-19-22-20(14-12-18(21(17)22)24(28)31)26(33)29(25(19)32)27(3)16-9-7-6-8-10-16/h6-15H,4-5H2,1-3H3. The monoisotopic (exact) mass is 441 g/mol. The van der Waals surface area contributed by atoms with Gasteiger partial charge < -0.3 is 0 Å². The fourth-order valence-electron chi connectivity index (χ4n) is 4.90. The summed E-state index contributed by atoms with van der Waals surface area (Å²) in [6.45, 7) is 3.89. The van der Waals surface area contributed by atoms with Gasteiger partial charge in [-0.25, -0.2) is 0 Å². The molecule has 0 saturated carbocycles. The highest BCUT2D eigenvalue weighted by molar-refractivity contribution is 6.33. The molecule has 2 aliphatic rings. The van der Waals surface area contributed by atoms with Crippen LogP contribution in [0.1, 0.15) is 68.1 Å². The van der Waals surface area contributed by atoms with E-state index in [4.69, 9.17) is 0 Å². The van der Waals surface area contributed by atoms with Crippen LogP contribution in [0.25, 0.3) is 10.8 Å². The van der Waals surface area contributed by atoms with Gasteiger partial charge in [0.15, 0.2) is 0 Å². The first-order chi connectivity index (χ1) is 15.9. The fourth-order valence-corrected chi connectivity index (χ4v) is 4.90. The lowest BCUT2D eigenvalue weighted by Gasteiger charge is -2.37. The number of benzene rings is 3. The first-order valence-electron chi connectivity index (χ1n) is 11.1. The van der Waals surface area contributed by atoms with Gasteiger partial charge in [0.05, 0.1) is 16.8 Å². The predicted octanol–water partition coefficient (Wildman–Crippen LogP) is 4.27. The molecule has 5 rings (SSSR count). The maximum atomic E-state index is 13.5. The van der Waals surface area contributed by atoms with E-state index in [1.807, 2.05) is 32.0 Å². The minimum Gasteiger partial charge on any atom is -0.278 e. The first-order valence-corrected chi connectivity index (χ1v) is 11.1. The van der Waals surface area contributed by atoms with E-state index in [1.165, 1.54) is 9.91 Å². The summed E-state index contributed by atoms with van der Waals surface area (Å²) in [5, 5.41) is 3.38. The Kier molecular flexibility index (Phi) is 4.78. The average Bonchev–Trinajstić information content (AvgIpc) is 2.84. The highest BCUT2D eigenvalue weighted by atomic mass is 16.2. The van der Waals surface area contributed by atoms with Crippen LogP contribution < -0.4 is 5.01 Å². The molecule has 0 radical (unpaired) electrons. The van der Waals surface area contributed by atoms with E-state index in [1.54, 1.807) is 43.4 Å². The van der Waals surface area contributed by atoms with E-state index in [-0.39, 0.29) is 17.9 Å². The molecule has 3 aromatic carbocycles. The van der Waals surface area contributed by atoms with Crippen molar-refractivity contribution in [3.8, 4) is 0 Å². The Morgan fingerprint density at radius 1 is 0.667 bits per heavy atom. The van der Waals surface area contributed by atoms with E-state index in [0.29, 0.717) is 51.6 Å². The first kappa shape index (κ1) is 20.9. The van der Waals surface area contributed by atoms with Gasteiger partial charge in [0, 0.05) is 35.0 Å². The van der Waals surface area contributed by atoms with Crippen LogP contribution in [0.2, 0.25) is 0 Å². The number of carbonyl (C=O) groups excluding carboxylic acids is 4. The Balaban J connectivity index is 1.69. The molecule has 0 fully saturated rings. The minimum absolute atomic E-state index is 0.210. The molecule has 0 aromatic heterocycles. The van der Waals surface area contributed by atoms with E-state index in [9.17, 15) is 19.2 Å². The molecule has 0 unspecified atom stereocenters. The van der Waals surface area contributed by atoms with Gasteiger partial charge in [-0.2, -0.15) is 5.01 Å². The van der Waals surface area contributed by atoms with Crippen molar-refractivity contribution < 1.29 is 19.2 Å². The largest absolute Gasteiger partial charge is 0.280 e. The number of amides is 4. The maximum Gasteiger partial charge on any atom is 0.280 e. The molecule has 2 aliphatic heterocycles. The summed E-state index contributed by atoms with van der Waals surface area (Å²) in [4.78, 5) is 54.9. The van der Waals surface area contributed by atoms with Crippen molar-refractivity contribution in [3.63, 3.8) is 0 Å². The summed E-state index contributed by atoms with van der Waals surface area (Å²) >= 11 is 0.